The molecule has 0 saturated heterocycles. The molecule has 0 spiro atoms. The maximum absolute atomic E-state index is 9.34. The van der Waals surface area contributed by atoms with Gasteiger partial charge in [-0.15, -0.1) is 0 Å². The lowest BCUT2D eigenvalue weighted by Gasteiger charge is -2.42. The van der Waals surface area contributed by atoms with Crippen molar-refractivity contribution in [1.29, 1.82) is 0 Å². The van der Waals surface area contributed by atoms with Crippen LogP contribution in [0.5, 0.6) is 0 Å². The summed E-state index contributed by atoms with van der Waals surface area (Å²) in [4.78, 5) is 0. The highest BCUT2D eigenvalue weighted by atomic mass is 16.3. The van der Waals surface area contributed by atoms with Gasteiger partial charge in [0, 0.05) is 13.2 Å². The molecule has 8 atom stereocenters. The highest BCUT2D eigenvalue weighted by Gasteiger charge is 2.63. The van der Waals surface area contributed by atoms with Crippen LogP contribution in [0.15, 0.2) is 12.2 Å². The molecular formula is C16H24O2. The highest BCUT2D eigenvalue weighted by molar-refractivity contribution is 5.21. The summed E-state index contributed by atoms with van der Waals surface area (Å²) in [6.45, 7) is 0.661. The second-order valence-corrected chi connectivity index (χ2v) is 7.02. The first-order chi connectivity index (χ1) is 8.85. The van der Waals surface area contributed by atoms with Crippen molar-refractivity contribution in [2.45, 2.75) is 25.7 Å². The molecule has 0 aromatic carbocycles. The summed E-state index contributed by atoms with van der Waals surface area (Å²) < 4.78 is 0. The Morgan fingerprint density at radius 2 is 1.28 bits per heavy atom. The van der Waals surface area contributed by atoms with Gasteiger partial charge < -0.3 is 10.2 Å². The van der Waals surface area contributed by atoms with E-state index in [0.29, 0.717) is 25.0 Å². The number of aliphatic hydroxyl groups is 2. The van der Waals surface area contributed by atoms with Crippen molar-refractivity contribution in [3.63, 3.8) is 0 Å². The molecule has 2 N–H and O–H groups in total. The summed E-state index contributed by atoms with van der Waals surface area (Å²) in [5.41, 5.74) is 0. The van der Waals surface area contributed by atoms with E-state index in [1.807, 2.05) is 0 Å². The van der Waals surface area contributed by atoms with Gasteiger partial charge >= 0.3 is 0 Å². The van der Waals surface area contributed by atoms with E-state index in [-0.39, 0.29) is 0 Å². The SMILES string of the molecule is OCCC1C(CCO)C2CC1C1C3C=CC(C3)C21. The lowest BCUT2D eigenvalue weighted by Crippen LogP contribution is -2.37. The molecule has 0 heterocycles. The average Bonchev–Trinajstić information content (AvgIpc) is 3.07. The Morgan fingerprint density at radius 3 is 1.72 bits per heavy atom. The second kappa shape index (κ2) is 4.08. The van der Waals surface area contributed by atoms with Crippen molar-refractivity contribution in [1.82, 2.24) is 0 Å². The lowest BCUT2D eigenvalue weighted by atomic mass is 9.63. The summed E-state index contributed by atoms with van der Waals surface area (Å²) >= 11 is 0. The van der Waals surface area contributed by atoms with Crippen LogP contribution in [-0.4, -0.2) is 23.4 Å². The summed E-state index contributed by atoms with van der Waals surface area (Å²) in [5, 5.41) is 18.7. The van der Waals surface area contributed by atoms with Crippen LogP contribution in [0.4, 0.5) is 0 Å². The molecule has 3 fully saturated rings. The molecule has 0 aromatic rings. The number of fused-ring (bicyclic) bond motifs is 9. The second-order valence-electron chi connectivity index (χ2n) is 7.02. The van der Waals surface area contributed by atoms with Crippen LogP contribution in [0.2, 0.25) is 0 Å². The van der Waals surface area contributed by atoms with E-state index in [4.69, 9.17) is 0 Å². The molecule has 4 bridgehead atoms. The normalized spacial score (nSPS) is 55.4. The molecule has 2 nitrogen and oxygen atoms in total. The predicted molar refractivity (Wildman–Crippen MR) is 69.7 cm³/mol. The Labute approximate surface area is 109 Å². The third kappa shape index (κ3) is 1.31. The quantitative estimate of drug-likeness (QED) is 0.590. The van der Waals surface area contributed by atoms with Crippen molar-refractivity contribution in [3.05, 3.63) is 12.2 Å². The van der Waals surface area contributed by atoms with Gasteiger partial charge in [0.15, 0.2) is 0 Å². The monoisotopic (exact) mass is 248 g/mol. The van der Waals surface area contributed by atoms with Crippen molar-refractivity contribution in [3.8, 4) is 0 Å². The van der Waals surface area contributed by atoms with Crippen LogP contribution in [0.3, 0.4) is 0 Å². The van der Waals surface area contributed by atoms with Crippen molar-refractivity contribution >= 4 is 0 Å². The highest BCUT2D eigenvalue weighted by Crippen LogP contribution is 2.69. The molecule has 4 aliphatic carbocycles. The van der Waals surface area contributed by atoms with Gasteiger partial charge in [-0.05, 0) is 73.0 Å². The first-order valence-electron chi connectivity index (χ1n) is 7.75. The van der Waals surface area contributed by atoms with Crippen LogP contribution in [0.1, 0.15) is 25.7 Å². The van der Waals surface area contributed by atoms with Crippen molar-refractivity contribution < 1.29 is 10.2 Å². The Morgan fingerprint density at radius 1 is 0.778 bits per heavy atom. The van der Waals surface area contributed by atoms with Crippen LogP contribution in [-0.2, 0) is 0 Å². The molecule has 0 radical (unpaired) electrons. The summed E-state index contributed by atoms with van der Waals surface area (Å²) in [6, 6.07) is 0. The van der Waals surface area contributed by atoms with Gasteiger partial charge in [0.25, 0.3) is 0 Å². The van der Waals surface area contributed by atoms with E-state index in [1.165, 1.54) is 12.8 Å². The van der Waals surface area contributed by atoms with Crippen LogP contribution >= 0.6 is 0 Å². The Balaban J connectivity index is 1.63. The molecule has 0 amide bonds. The Bertz CT molecular complexity index is 332. The first-order valence-corrected chi connectivity index (χ1v) is 7.75. The van der Waals surface area contributed by atoms with Gasteiger partial charge in [0.05, 0.1) is 0 Å². The van der Waals surface area contributed by atoms with E-state index in [0.717, 1.165) is 48.3 Å². The van der Waals surface area contributed by atoms with Crippen molar-refractivity contribution in [2.75, 3.05) is 13.2 Å². The standard InChI is InChI=1S/C16H24O2/c17-5-3-11-12(4-6-18)14-8-13(11)15-9-1-2-10(7-9)16(14)15/h1-2,9-18H,3-8H2. The average molecular weight is 248 g/mol. The minimum atomic E-state index is 0.330. The number of aliphatic hydroxyl groups excluding tert-OH is 2. The molecule has 0 aliphatic heterocycles. The molecule has 2 heteroatoms. The Hall–Kier alpha value is -0.340. The van der Waals surface area contributed by atoms with Crippen LogP contribution < -0.4 is 0 Å². The fraction of sp³-hybridized carbons (Fsp3) is 0.875. The minimum Gasteiger partial charge on any atom is -0.396 e. The molecule has 4 aliphatic rings. The minimum absolute atomic E-state index is 0.330. The number of hydrogen-bond donors (Lipinski definition) is 2. The molecular weight excluding hydrogens is 224 g/mol. The van der Waals surface area contributed by atoms with Gasteiger partial charge in [-0.1, -0.05) is 12.2 Å². The van der Waals surface area contributed by atoms with Gasteiger partial charge in [-0.2, -0.15) is 0 Å². The predicted octanol–water partition coefficient (Wildman–Crippen LogP) is 2.07. The number of rotatable bonds is 4. The zero-order valence-electron chi connectivity index (χ0n) is 10.9. The maximum atomic E-state index is 9.34. The summed E-state index contributed by atoms with van der Waals surface area (Å²) in [7, 11) is 0. The van der Waals surface area contributed by atoms with Crippen LogP contribution in [0.25, 0.3) is 0 Å². The third-order valence-electron chi connectivity index (χ3n) is 6.69. The summed E-state index contributed by atoms with van der Waals surface area (Å²) in [5.74, 6) is 6.65. The lowest BCUT2D eigenvalue weighted by molar-refractivity contribution is 0.0553. The fourth-order valence-electron chi connectivity index (χ4n) is 6.44. The van der Waals surface area contributed by atoms with Crippen LogP contribution in [0, 0.1) is 47.3 Å². The largest absolute Gasteiger partial charge is 0.396 e. The van der Waals surface area contributed by atoms with Gasteiger partial charge in [0.2, 0.25) is 0 Å². The molecule has 3 saturated carbocycles. The summed E-state index contributed by atoms with van der Waals surface area (Å²) in [6.07, 6.45) is 9.68. The molecule has 8 unspecified atom stereocenters. The van der Waals surface area contributed by atoms with E-state index in [1.54, 1.807) is 0 Å². The first kappa shape index (κ1) is 11.5. The van der Waals surface area contributed by atoms with E-state index in [9.17, 15) is 10.2 Å². The van der Waals surface area contributed by atoms with Gasteiger partial charge in [0.1, 0.15) is 0 Å². The number of hydrogen-bond acceptors (Lipinski definition) is 2. The van der Waals surface area contributed by atoms with E-state index >= 15 is 0 Å². The topological polar surface area (TPSA) is 40.5 Å². The third-order valence-corrected chi connectivity index (χ3v) is 6.69. The zero-order valence-corrected chi connectivity index (χ0v) is 10.9. The Kier molecular flexibility index (Phi) is 2.60. The molecule has 100 valence electrons. The smallest absolute Gasteiger partial charge is 0.0433 e. The molecule has 18 heavy (non-hydrogen) atoms. The maximum Gasteiger partial charge on any atom is 0.0433 e. The zero-order chi connectivity index (χ0) is 12.3. The van der Waals surface area contributed by atoms with E-state index in [2.05, 4.69) is 12.2 Å². The number of allylic oxidation sites excluding steroid dienone is 2. The van der Waals surface area contributed by atoms with Crippen molar-refractivity contribution in [2.24, 2.45) is 47.3 Å². The fourth-order valence-corrected chi connectivity index (χ4v) is 6.44. The molecule has 0 aromatic heterocycles. The molecule has 4 rings (SSSR count). The van der Waals surface area contributed by atoms with E-state index < -0.39 is 0 Å². The van der Waals surface area contributed by atoms with Gasteiger partial charge in [-0.3, -0.25) is 0 Å². The van der Waals surface area contributed by atoms with Gasteiger partial charge in [-0.25, -0.2) is 0 Å².